The van der Waals surface area contributed by atoms with Gasteiger partial charge in [0.15, 0.2) is 0 Å². The number of nitrogens with one attached hydrogen (secondary N) is 1. The molecule has 0 aliphatic carbocycles. The summed E-state index contributed by atoms with van der Waals surface area (Å²) in [7, 11) is 0. The van der Waals surface area contributed by atoms with E-state index in [1.165, 1.54) is 11.3 Å². The van der Waals surface area contributed by atoms with Crippen molar-refractivity contribution >= 4 is 23.3 Å². The summed E-state index contributed by atoms with van der Waals surface area (Å²) in [6, 6.07) is 2.13. The van der Waals surface area contributed by atoms with Crippen molar-refractivity contribution in [1.29, 1.82) is 0 Å². The molecular formula is C12H10N2O4S-2. The number of thiophene rings is 1. The van der Waals surface area contributed by atoms with Crippen LogP contribution in [-0.2, 0) is 16.0 Å². The van der Waals surface area contributed by atoms with Gasteiger partial charge in [0, 0.05) is 18.3 Å². The van der Waals surface area contributed by atoms with Crippen molar-refractivity contribution in [2.24, 2.45) is 0 Å². The molecule has 7 heteroatoms. The summed E-state index contributed by atoms with van der Waals surface area (Å²) in [5.41, 5.74) is 2.52. The molecule has 0 amide bonds. The van der Waals surface area contributed by atoms with Crippen LogP contribution in [-0.4, -0.2) is 21.9 Å². The van der Waals surface area contributed by atoms with Crippen LogP contribution in [0.25, 0.3) is 0 Å². The largest absolute Gasteiger partial charge is 0.545 e. The number of aliphatic carboxylic acids is 2. The Balaban J connectivity index is 0.000000203. The normalized spacial score (nSPS) is 9.89. The highest BCUT2D eigenvalue weighted by Crippen LogP contribution is 2.09. The topological polar surface area (TPSA) is 109 Å². The molecule has 0 saturated heterocycles. The van der Waals surface area contributed by atoms with Crippen molar-refractivity contribution in [2.45, 2.75) is 6.42 Å². The predicted octanol–water partition coefficient (Wildman–Crippen LogP) is -0.896. The van der Waals surface area contributed by atoms with E-state index in [0.717, 1.165) is 6.42 Å². The van der Waals surface area contributed by atoms with Crippen molar-refractivity contribution in [3.8, 4) is 0 Å². The van der Waals surface area contributed by atoms with Gasteiger partial charge in [0.25, 0.3) is 0 Å². The third kappa shape index (κ3) is 6.79. The molecule has 6 nitrogen and oxygen atoms in total. The Labute approximate surface area is 113 Å². The second-order valence-electron chi connectivity index (χ2n) is 3.36. The summed E-state index contributed by atoms with van der Waals surface area (Å²) in [5, 5.41) is 23.1. The van der Waals surface area contributed by atoms with Crippen LogP contribution in [0.2, 0.25) is 0 Å². The number of hydrogen-bond donors (Lipinski definition) is 1. The Morgan fingerprint density at radius 3 is 2.42 bits per heavy atom. The maximum Gasteiger partial charge on any atom is 0.0921 e. The van der Waals surface area contributed by atoms with Gasteiger partial charge in [-0.3, -0.25) is 0 Å². The summed E-state index contributed by atoms with van der Waals surface area (Å²) in [5.74, 6) is -3.09. The van der Waals surface area contributed by atoms with Crippen LogP contribution in [0.3, 0.4) is 0 Å². The first kappa shape index (κ1) is 14.7. The zero-order valence-electron chi connectivity index (χ0n) is 9.74. The SMILES string of the molecule is O=C([O-])/C=C/C(=O)[O-].c1ncc(Cc2ccsc2)[nH]1. The van der Waals surface area contributed by atoms with Gasteiger partial charge in [-0.25, -0.2) is 4.98 Å². The average Bonchev–Trinajstić information content (AvgIpc) is 3.01. The molecule has 0 atom stereocenters. The van der Waals surface area contributed by atoms with E-state index in [9.17, 15) is 19.8 Å². The minimum Gasteiger partial charge on any atom is -0.545 e. The van der Waals surface area contributed by atoms with E-state index in [4.69, 9.17) is 0 Å². The Bertz CT molecular complexity index is 484. The number of hydrogen-bond acceptors (Lipinski definition) is 6. The number of aromatic amines is 1. The fourth-order valence-corrected chi connectivity index (χ4v) is 1.80. The van der Waals surface area contributed by atoms with Crippen LogP contribution in [0.5, 0.6) is 0 Å². The highest BCUT2D eigenvalue weighted by molar-refractivity contribution is 7.07. The molecule has 0 unspecified atom stereocenters. The first-order chi connectivity index (χ1) is 9.08. The molecular weight excluding hydrogens is 268 g/mol. The number of carboxylic acid groups (broad SMARTS) is 2. The number of carbonyl (C=O) groups is 2. The van der Waals surface area contributed by atoms with Gasteiger partial charge >= 0.3 is 0 Å². The first-order valence-corrected chi connectivity index (χ1v) is 6.10. The van der Waals surface area contributed by atoms with Crippen LogP contribution >= 0.6 is 11.3 Å². The number of imidazole rings is 1. The van der Waals surface area contributed by atoms with Crippen LogP contribution in [0.1, 0.15) is 11.3 Å². The zero-order chi connectivity index (χ0) is 14.1. The van der Waals surface area contributed by atoms with E-state index in [1.807, 2.05) is 6.20 Å². The summed E-state index contributed by atoms with van der Waals surface area (Å²) in [6.07, 6.45) is 5.30. The lowest BCUT2D eigenvalue weighted by atomic mass is 10.2. The fraction of sp³-hybridized carbons (Fsp3) is 0.0833. The summed E-state index contributed by atoms with van der Waals surface area (Å²) in [4.78, 5) is 25.8. The second kappa shape index (κ2) is 7.83. The average molecular weight is 278 g/mol. The third-order valence-electron chi connectivity index (χ3n) is 1.89. The Morgan fingerprint density at radius 2 is 2.00 bits per heavy atom. The molecule has 2 aromatic rings. The van der Waals surface area contributed by atoms with Gasteiger partial charge in [-0.15, -0.1) is 0 Å². The molecule has 0 radical (unpaired) electrons. The Morgan fingerprint density at radius 1 is 1.32 bits per heavy atom. The molecule has 2 aromatic heterocycles. The molecule has 0 spiro atoms. The number of aromatic nitrogens is 2. The molecule has 2 rings (SSSR count). The molecule has 19 heavy (non-hydrogen) atoms. The molecule has 0 aromatic carbocycles. The van der Waals surface area contributed by atoms with Gasteiger partial charge in [-0.2, -0.15) is 11.3 Å². The lowest BCUT2D eigenvalue weighted by Crippen LogP contribution is -2.23. The first-order valence-electron chi connectivity index (χ1n) is 5.16. The van der Waals surface area contributed by atoms with Crippen molar-refractivity contribution in [1.82, 2.24) is 9.97 Å². The maximum atomic E-state index is 9.41. The minimum absolute atomic E-state index is 0.384. The quantitative estimate of drug-likeness (QED) is 0.729. The summed E-state index contributed by atoms with van der Waals surface area (Å²) in [6.45, 7) is 0. The Hall–Kier alpha value is -2.41. The second-order valence-corrected chi connectivity index (χ2v) is 4.14. The lowest BCUT2D eigenvalue weighted by molar-refractivity contribution is -0.301. The molecule has 100 valence electrons. The molecule has 2 heterocycles. The van der Waals surface area contributed by atoms with Gasteiger partial charge in [0.1, 0.15) is 0 Å². The molecule has 0 saturated carbocycles. The van der Waals surface area contributed by atoms with Crippen LogP contribution in [0, 0.1) is 0 Å². The molecule has 0 fully saturated rings. The van der Waals surface area contributed by atoms with Gasteiger partial charge in [-0.05, 0) is 34.5 Å². The zero-order valence-corrected chi connectivity index (χ0v) is 10.6. The number of H-pyrrole nitrogens is 1. The van der Waals surface area contributed by atoms with Crippen molar-refractivity contribution < 1.29 is 19.8 Å². The van der Waals surface area contributed by atoms with Gasteiger partial charge < -0.3 is 24.8 Å². The predicted molar refractivity (Wildman–Crippen MR) is 64.9 cm³/mol. The molecule has 0 bridgehead atoms. The van der Waals surface area contributed by atoms with E-state index in [2.05, 4.69) is 26.8 Å². The molecule has 1 N–H and O–H groups in total. The van der Waals surface area contributed by atoms with Gasteiger partial charge in [0.05, 0.1) is 18.3 Å². The molecule has 0 aliphatic rings. The van der Waals surface area contributed by atoms with Crippen LogP contribution < -0.4 is 10.2 Å². The number of nitrogens with zero attached hydrogens (tertiary/aromatic N) is 1. The maximum absolute atomic E-state index is 9.41. The van der Waals surface area contributed by atoms with Gasteiger partial charge in [-0.1, -0.05) is 0 Å². The van der Waals surface area contributed by atoms with Crippen molar-refractivity contribution in [3.63, 3.8) is 0 Å². The van der Waals surface area contributed by atoms with Crippen molar-refractivity contribution in [2.75, 3.05) is 0 Å². The standard InChI is InChI=1S/C8H8N2S.C4H4O4/c1-2-11-5-7(1)3-8-4-9-6-10-8;5-3(6)1-2-4(7)8/h1-2,4-6H,3H2,(H,9,10);1-2H,(H,5,6)(H,7,8)/p-2/b;2-1+. The van der Waals surface area contributed by atoms with Gasteiger partial charge in [0.2, 0.25) is 0 Å². The van der Waals surface area contributed by atoms with Crippen LogP contribution in [0.4, 0.5) is 0 Å². The highest BCUT2D eigenvalue weighted by Gasteiger charge is 1.95. The lowest BCUT2D eigenvalue weighted by Gasteiger charge is -1.90. The minimum atomic E-state index is -1.55. The summed E-state index contributed by atoms with van der Waals surface area (Å²) < 4.78 is 0. The third-order valence-corrected chi connectivity index (χ3v) is 2.62. The summed E-state index contributed by atoms with van der Waals surface area (Å²) >= 11 is 1.73. The number of rotatable bonds is 4. The van der Waals surface area contributed by atoms with E-state index in [-0.39, 0.29) is 0 Å². The molecule has 0 aliphatic heterocycles. The van der Waals surface area contributed by atoms with E-state index in [0.29, 0.717) is 12.2 Å². The monoisotopic (exact) mass is 278 g/mol. The van der Waals surface area contributed by atoms with E-state index < -0.39 is 11.9 Å². The highest BCUT2D eigenvalue weighted by atomic mass is 32.1. The fourth-order valence-electron chi connectivity index (χ4n) is 1.13. The Kier molecular flexibility index (Phi) is 6.04. The smallest absolute Gasteiger partial charge is 0.0921 e. The van der Waals surface area contributed by atoms with E-state index in [1.54, 1.807) is 17.7 Å². The van der Waals surface area contributed by atoms with Crippen LogP contribution in [0.15, 0.2) is 41.5 Å². The number of carbonyl (C=O) groups excluding carboxylic acids is 2. The van der Waals surface area contributed by atoms with Crippen molar-refractivity contribution in [3.05, 3.63) is 52.8 Å². The number of carboxylic acids is 2. The van der Waals surface area contributed by atoms with E-state index >= 15 is 0 Å².